The molecule has 138 valence electrons. The van der Waals surface area contributed by atoms with E-state index in [0.717, 1.165) is 12.8 Å². The highest BCUT2D eigenvalue weighted by Gasteiger charge is 2.18. The lowest BCUT2D eigenvalue weighted by Crippen LogP contribution is -2.62. The van der Waals surface area contributed by atoms with Crippen molar-refractivity contribution in [3.8, 4) is 0 Å². The summed E-state index contributed by atoms with van der Waals surface area (Å²) in [4.78, 5) is 10.5. The van der Waals surface area contributed by atoms with Gasteiger partial charge < -0.3 is 16.6 Å². The summed E-state index contributed by atoms with van der Waals surface area (Å²) >= 11 is 0. The van der Waals surface area contributed by atoms with E-state index in [0.29, 0.717) is 6.42 Å². The summed E-state index contributed by atoms with van der Waals surface area (Å²) in [6.45, 7) is 2.07. The predicted molar refractivity (Wildman–Crippen MR) is 97.1 cm³/mol. The van der Waals surface area contributed by atoms with Gasteiger partial charge in [-0.15, -0.1) is 0 Å². The zero-order valence-corrected chi connectivity index (χ0v) is 15.1. The van der Waals surface area contributed by atoms with Crippen LogP contribution in [0.3, 0.4) is 0 Å². The van der Waals surface area contributed by atoms with Crippen LogP contribution in [0.4, 0.5) is 0 Å². The Bertz CT molecular complexity index is 283. The maximum absolute atomic E-state index is 10.5. The molecule has 0 aromatic heterocycles. The van der Waals surface area contributed by atoms with Crippen molar-refractivity contribution in [1.29, 1.82) is 0 Å². The van der Waals surface area contributed by atoms with E-state index in [1.165, 1.54) is 70.6 Å². The van der Waals surface area contributed by atoms with Crippen LogP contribution in [0.25, 0.3) is 0 Å². The monoisotopic (exact) mass is 329 g/mol. The Kier molecular flexibility index (Phi) is 14.5. The molecule has 0 rings (SSSR count). The van der Waals surface area contributed by atoms with Gasteiger partial charge in [0.2, 0.25) is 0 Å². The van der Waals surface area contributed by atoms with Crippen LogP contribution >= 0.6 is 0 Å². The van der Waals surface area contributed by atoms with Crippen LogP contribution in [0.5, 0.6) is 0 Å². The van der Waals surface area contributed by atoms with Crippen molar-refractivity contribution in [2.45, 2.75) is 103 Å². The van der Waals surface area contributed by atoms with Gasteiger partial charge in [0.05, 0.1) is 6.54 Å². The summed E-state index contributed by atoms with van der Waals surface area (Å²) in [6, 6.07) is 0. The minimum atomic E-state index is -1.06. The van der Waals surface area contributed by atoms with Gasteiger partial charge in [-0.2, -0.15) is 0 Å². The second kappa shape index (κ2) is 14.9. The van der Waals surface area contributed by atoms with Crippen molar-refractivity contribution in [3.63, 3.8) is 0 Å². The quantitative estimate of drug-likeness (QED) is 0.241. The zero-order valence-electron chi connectivity index (χ0n) is 15.1. The Labute approximate surface area is 142 Å². The average Bonchev–Trinajstić information content (AvgIpc) is 2.50. The summed E-state index contributed by atoms with van der Waals surface area (Å²) in [5, 5.41) is 11.2. The fourth-order valence-corrected chi connectivity index (χ4v) is 2.76. The number of carbonyl (C=O) groups is 1. The van der Waals surface area contributed by atoms with Crippen molar-refractivity contribution in [3.05, 3.63) is 0 Å². The van der Waals surface area contributed by atoms with E-state index in [-0.39, 0.29) is 6.54 Å². The zero-order chi connectivity index (χ0) is 17.4. The van der Waals surface area contributed by atoms with Crippen LogP contribution in [0.15, 0.2) is 0 Å². The molecule has 0 spiro atoms. The lowest BCUT2D eigenvalue weighted by molar-refractivity contribution is -0.136. The van der Waals surface area contributed by atoms with E-state index in [1.54, 1.807) is 0 Å². The Balaban J connectivity index is 3.25. The van der Waals surface area contributed by atoms with Crippen molar-refractivity contribution in [1.82, 2.24) is 5.32 Å². The number of nitrogens with two attached hydrogens (primary N) is 2. The first-order valence-electron chi connectivity index (χ1n) is 9.52. The first-order chi connectivity index (χ1) is 11.0. The summed E-state index contributed by atoms with van der Waals surface area (Å²) in [6.07, 6.45) is 17.5. The largest absolute Gasteiger partial charge is 0.480 e. The van der Waals surface area contributed by atoms with Gasteiger partial charge in [0.1, 0.15) is 5.79 Å². The molecule has 0 fully saturated rings. The molecule has 0 atom stereocenters. The van der Waals surface area contributed by atoms with Crippen LogP contribution in [0, 0.1) is 0 Å². The van der Waals surface area contributed by atoms with Crippen molar-refractivity contribution in [2.24, 2.45) is 11.5 Å². The minimum Gasteiger partial charge on any atom is -0.480 e. The number of nitrogens with one attached hydrogen (secondary N) is 1. The fraction of sp³-hybridized carbons (Fsp3) is 0.944. The highest BCUT2D eigenvalue weighted by Crippen LogP contribution is 2.13. The van der Waals surface area contributed by atoms with Crippen molar-refractivity contribution in [2.75, 3.05) is 6.54 Å². The molecule has 0 amide bonds. The van der Waals surface area contributed by atoms with Crippen molar-refractivity contribution >= 4 is 5.97 Å². The summed E-state index contributed by atoms with van der Waals surface area (Å²) < 4.78 is 0. The minimum absolute atomic E-state index is 0.189. The van der Waals surface area contributed by atoms with Gasteiger partial charge in [-0.05, 0) is 12.8 Å². The van der Waals surface area contributed by atoms with Crippen LogP contribution in [0.2, 0.25) is 0 Å². The van der Waals surface area contributed by atoms with Crippen LogP contribution in [-0.2, 0) is 4.79 Å². The first-order valence-corrected chi connectivity index (χ1v) is 9.52. The molecule has 0 radical (unpaired) electrons. The van der Waals surface area contributed by atoms with Gasteiger partial charge in [0.25, 0.3) is 0 Å². The Morgan fingerprint density at radius 2 is 1.22 bits per heavy atom. The van der Waals surface area contributed by atoms with Crippen molar-refractivity contribution < 1.29 is 9.90 Å². The Morgan fingerprint density at radius 1 is 0.826 bits per heavy atom. The van der Waals surface area contributed by atoms with Gasteiger partial charge >= 0.3 is 5.97 Å². The van der Waals surface area contributed by atoms with E-state index in [2.05, 4.69) is 12.2 Å². The van der Waals surface area contributed by atoms with E-state index in [1.807, 2.05) is 0 Å². The third kappa shape index (κ3) is 17.5. The molecule has 0 saturated heterocycles. The second-order valence-electron chi connectivity index (χ2n) is 6.78. The third-order valence-electron chi connectivity index (χ3n) is 4.26. The maximum atomic E-state index is 10.5. The SMILES string of the molecule is CCCCCCCCCCCCCCCC(N)(N)NCC(=O)O. The first kappa shape index (κ1) is 22.4. The summed E-state index contributed by atoms with van der Waals surface area (Å²) in [5.41, 5.74) is 11.6. The number of hydrogen-bond donors (Lipinski definition) is 4. The molecular weight excluding hydrogens is 290 g/mol. The molecular formula is C18H39N3O2. The Hall–Kier alpha value is -0.650. The third-order valence-corrected chi connectivity index (χ3v) is 4.26. The smallest absolute Gasteiger partial charge is 0.317 e. The Morgan fingerprint density at radius 3 is 1.61 bits per heavy atom. The number of carboxylic acids is 1. The van der Waals surface area contributed by atoms with Crippen LogP contribution in [-0.4, -0.2) is 23.4 Å². The predicted octanol–water partition coefficient (Wildman–Crippen LogP) is 3.71. The molecule has 0 heterocycles. The van der Waals surface area contributed by atoms with Gasteiger partial charge in [-0.1, -0.05) is 84.0 Å². The lowest BCUT2D eigenvalue weighted by Gasteiger charge is -2.25. The molecule has 0 aliphatic carbocycles. The van der Waals surface area contributed by atoms with Gasteiger partial charge in [0.15, 0.2) is 0 Å². The number of aliphatic carboxylic acids is 1. The molecule has 0 aliphatic heterocycles. The molecule has 6 N–H and O–H groups in total. The number of rotatable bonds is 17. The van der Waals surface area contributed by atoms with Crippen LogP contribution in [0.1, 0.15) is 96.8 Å². The van der Waals surface area contributed by atoms with Gasteiger partial charge in [0, 0.05) is 0 Å². The molecule has 0 aromatic carbocycles. The number of carboxylic acid groups (broad SMARTS) is 1. The molecule has 0 bridgehead atoms. The van der Waals surface area contributed by atoms with E-state index in [9.17, 15) is 4.79 Å². The standard InChI is InChI=1S/C18H39N3O2/c1-2-3-4-5-6-7-8-9-10-11-12-13-14-15-18(19,20)21-16-17(22)23/h21H,2-16,19-20H2,1H3,(H,22,23). The van der Waals surface area contributed by atoms with Crippen LogP contribution < -0.4 is 16.8 Å². The number of unbranched alkanes of at least 4 members (excludes halogenated alkanes) is 12. The highest BCUT2D eigenvalue weighted by molar-refractivity contribution is 5.69. The maximum Gasteiger partial charge on any atom is 0.317 e. The fourth-order valence-electron chi connectivity index (χ4n) is 2.76. The van der Waals surface area contributed by atoms with E-state index < -0.39 is 11.8 Å². The lowest BCUT2D eigenvalue weighted by atomic mass is 10.0. The highest BCUT2D eigenvalue weighted by atomic mass is 16.4. The second-order valence-corrected chi connectivity index (χ2v) is 6.78. The molecule has 0 aromatic rings. The average molecular weight is 330 g/mol. The normalized spacial score (nSPS) is 11.8. The molecule has 23 heavy (non-hydrogen) atoms. The molecule has 0 aliphatic rings. The molecule has 5 heteroatoms. The molecule has 0 unspecified atom stereocenters. The topological polar surface area (TPSA) is 101 Å². The van der Waals surface area contributed by atoms with Gasteiger partial charge in [-0.3, -0.25) is 10.1 Å². The number of hydrogen-bond acceptors (Lipinski definition) is 4. The molecule has 5 nitrogen and oxygen atoms in total. The van der Waals surface area contributed by atoms with E-state index in [4.69, 9.17) is 16.6 Å². The molecule has 0 saturated carbocycles. The van der Waals surface area contributed by atoms with E-state index >= 15 is 0 Å². The summed E-state index contributed by atoms with van der Waals surface area (Å²) in [7, 11) is 0. The summed E-state index contributed by atoms with van der Waals surface area (Å²) in [5.74, 6) is -1.99. The van der Waals surface area contributed by atoms with Gasteiger partial charge in [-0.25, -0.2) is 0 Å².